The maximum absolute atomic E-state index is 12.5. The molecule has 0 aliphatic carbocycles. The molecule has 0 bridgehead atoms. The molecule has 2 aromatic rings. The van der Waals surface area contributed by atoms with Gasteiger partial charge in [0.05, 0.1) is 17.4 Å². The smallest absolute Gasteiger partial charge is 0.255 e. The van der Waals surface area contributed by atoms with E-state index in [0.29, 0.717) is 29.1 Å². The van der Waals surface area contributed by atoms with Gasteiger partial charge in [-0.3, -0.25) is 9.59 Å². The van der Waals surface area contributed by atoms with E-state index < -0.39 is 0 Å². The van der Waals surface area contributed by atoms with E-state index in [1.807, 2.05) is 20.8 Å². The average molecular weight is 340 g/mol. The highest BCUT2D eigenvalue weighted by atomic mass is 16.5. The standard InChI is InChI=1S/C20H24N2O3/c1-4-13-21-20(24)17-7-5-6-8-18(17)22-19(23)15-9-11-16(12-10-15)25-14(2)3/h5-12,14H,4,13H2,1-3H3,(H,21,24)(H,22,23). The predicted molar refractivity (Wildman–Crippen MR) is 99.2 cm³/mol. The molecule has 0 heterocycles. The molecule has 25 heavy (non-hydrogen) atoms. The van der Waals surface area contributed by atoms with Crippen molar-refractivity contribution in [1.29, 1.82) is 0 Å². The van der Waals surface area contributed by atoms with E-state index in [2.05, 4.69) is 10.6 Å². The molecule has 0 atom stereocenters. The Balaban J connectivity index is 2.11. The van der Waals surface area contributed by atoms with Gasteiger partial charge in [-0.15, -0.1) is 0 Å². The van der Waals surface area contributed by atoms with E-state index in [4.69, 9.17) is 4.74 Å². The maximum atomic E-state index is 12.5. The zero-order chi connectivity index (χ0) is 18.2. The van der Waals surface area contributed by atoms with Crippen LogP contribution in [0.1, 0.15) is 47.9 Å². The molecule has 0 unspecified atom stereocenters. The Labute approximate surface area is 148 Å². The molecular formula is C20H24N2O3. The topological polar surface area (TPSA) is 67.4 Å². The molecule has 5 nitrogen and oxygen atoms in total. The Morgan fingerprint density at radius 2 is 1.68 bits per heavy atom. The Morgan fingerprint density at radius 1 is 1.00 bits per heavy atom. The Morgan fingerprint density at radius 3 is 2.32 bits per heavy atom. The highest BCUT2D eigenvalue weighted by Gasteiger charge is 2.13. The van der Waals surface area contributed by atoms with E-state index in [1.165, 1.54) is 0 Å². The van der Waals surface area contributed by atoms with E-state index in [0.717, 1.165) is 6.42 Å². The van der Waals surface area contributed by atoms with E-state index >= 15 is 0 Å². The molecule has 0 aromatic heterocycles. The molecule has 5 heteroatoms. The molecule has 0 aliphatic heterocycles. The lowest BCUT2D eigenvalue weighted by atomic mass is 10.1. The number of ether oxygens (including phenoxy) is 1. The lowest BCUT2D eigenvalue weighted by molar-refractivity contribution is 0.0954. The van der Waals surface area contributed by atoms with Gasteiger partial charge < -0.3 is 15.4 Å². The highest BCUT2D eigenvalue weighted by molar-refractivity contribution is 6.09. The fraction of sp³-hybridized carbons (Fsp3) is 0.300. The van der Waals surface area contributed by atoms with E-state index in [1.54, 1.807) is 48.5 Å². The number of benzene rings is 2. The summed E-state index contributed by atoms with van der Waals surface area (Å²) in [7, 11) is 0. The summed E-state index contributed by atoms with van der Waals surface area (Å²) in [6.45, 7) is 6.47. The van der Waals surface area contributed by atoms with Gasteiger partial charge in [-0.25, -0.2) is 0 Å². The molecule has 132 valence electrons. The third-order valence-corrected chi connectivity index (χ3v) is 3.44. The first-order valence-corrected chi connectivity index (χ1v) is 8.46. The van der Waals surface area contributed by atoms with Crippen molar-refractivity contribution < 1.29 is 14.3 Å². The molecule has 2 N–H and O–H groups in total. The summed E-state index contributed by atoms with van der Waals surface area (Å²) in [5.41, 5.74) is 1.44. The van der Waals surface area contributed by atoms with Crippen molar-refractivity contribution in [3.63, 3.8) is 0 Å². The average Bonchev–Trinajstić information content (AvgIpc) is 2.60. The van der Waals surface area contributed by atoms with Crippen molar-refractivity contribution in [2.24, 2.45) is 0 Å². The van der Waals surface area contributed by atoms with Gasteiger partial charge in [0.1, 0.15) is 5.75 Å². The molecule has 2 amide bonds. The Bertz CT molecular complexity index is 724. The first kappa shape index (κ1) is 18.5. The van der Waals surface area contributed by atoms with Crippen molar-refractivity contribution in [1.82, 2.24) is 5.32 Å². The summed E-state index contributed by atoms with van der Waals surface area (Å²) in [5.74, 6) is 0.246. The molecule has 0 aliphatic rings. The van der Waals surface area contributed by atoms with E-state index in [-0.39, 0.29) is 17.9 Å². The molecule has 2 aromatic carbocycles. The van der Waals surface area contributed by atoms with Gasteiger partial charge in [0.15, 0.2) is 0 Å². The van der Waals surface area contributed by atoms with Gasteiger partial charge in [0, 0.05) is 12.1 Å². The van der Waals surface area contributed by atoms with Crippen LogP contribution in [0.5, 0.6) is 5.75 Å². The lowest BCUT2D eigenvalue weighted by Gasteiger charge is -2.12. The second-order valence-corrected chi connectivity index (χ2v) is 5.95. The number of hydrogen-bond donors (Lipinski definition) is 2. The SMILES string of the molecule is CCCNC(=O)c1ccccc1NC(=O)c1ccc(OC(C)C)cc1. The van der Waals surface area contributed by atoms with Crippen molar-refractivity contribution in [3.8, 4) is 5.75 Å². The molecule has 0 radical (unpaired) electrons. The minimum absolute atomic E-state index is 0.0770. The monoisotopic (exact) mass is 340 g/mol. The van der Waals surface area contributed by atoms with Gasteiger partial charge in [-0.1, -0.05) is 19.1 Å². The largest absolute Gasteiger partial charge is 0.491 e. The molecule has 2 rings (SSSR count). The number of para-hydroxylation sites is 1. The highest BCUT2D eigenvalue weighted by Crippen LogP contribution is 2.18. The van der Waals surface area contributed by atoms with Crippen LogP contribution in [0.3, 0.4) is 0 Å². The number of carbonyl (C=O) groups excluding carboxylic acids is 2. The van der Waals surface area contributed by atoms with Crippen LogP contribution in [0.15, 0.2) is 48.5 Å². The summed E-state index contributed by atoms with van der Waals surface area (Å²) in [6, 6.07) is 13.9. The summed E-state index contributed by atoms with van der Waals surface area (Å²) < 4.78 is 5.57. The Hall–Kier alpha value is -2.82. The minimum Gasteiger partial charge on any atom is -0.491 e. The van der Waals surface area contributed by atoms with Gasteiger partial charge in [-0.05, 0) is 56.7 Å². The first-order valence-electron chi connectivity index (χ1n) is 8.46. The summed E-state index contributed by atoms with van der Waals surface area (Å²) >= 11 is 0. The van der Waals surface area contributed by atoms with E-state index in [9.17, 15) is 9.59 Å². The fourth-order valence-corrected chi connectivity index (χ4v) is 2.28. The molecular weight excluding hydrogens is 316 g/mol. The first-order chi connectivity index (χ1) is 12.0. The normalized spacial score (nSPS) is 10.4. The molecule has 0 fully saturated rings. The summed E-state index contributed by atoms with van der Waals surface area (Å²) in [4.78, 5) is 24.7. The summed E-state index contributed by atoms with van der Waals surface area (Å²) in [6.07, 6.45) is 0.929. The quantitative estimate of drug-likeness (QED) is 0.804. The van der Waals surface area contributed by atoms with Crippen LogP contribution < -0.4 is 15.4 Å². The molecule has 0 spiro atoms. The van der Waals surface area contributed by atoms with Crippen LogP contribution in [0.2, 0.25) is 0 Å². The van der Waals surface area contributed by atoms with Gasteiger partial charge in [-0.2, -0.15) is 0 Å². The molecule has 0 saturated carbocycles. The second kappa shape index (κ2) is 8.87. The number of amides is 2. The van der Waals surface area contributed by atoms with Crippen LogP contribution in [0.4, 0.5) is 5.69 Å². The third kappa shape index (κ3) is 5.35. The van der Waals surface area contributed by atoms with Gasteiger partial charge in [0.25, 0.3) is 11.8 Å². The second-order valence-electron chi connectivity index (χ2n) is 5.95. The number of carbonyl (C=O) groups is 2. The fourth-order valence-electron chi connectivity index (χ4n) is 2.28. The number of hydrogen-bond acceptors (Lipinski definition) is 3. The molecule has 0 saturated heterocycles. The predicted octanol–water partition coefficient (Wildman–Crippen LogP) is 3.87. The number of anilines is 1. The van der Waals surface area contributed by atoms with Crippen molar-refractivity contribution in [2.75, 3.05) is 11.9 Å². The van der Waals surface area contributed by atoms with Crippen molar-refractivity contribution >= 4 is 17.5 Å². The minimum atomic E-state index is -0.271. The van der Waals surface area contributed by atoms with Gasteiger partial charge >= 0.3 is 0 Å². The van der Waals surface area contributed by atoms with Crippen LogP contribution in [-0.4, -0.2) is 24.5 Å². The van der Waals surface area contributed by atoms with Crippen LogP contribution >= 0.6 is 0 Å². The third-order valence-electron chi connectivity index (χ3n) is 3.44. The van der Waals surface area contributed by atoms with Crippen molar-refractivity contribution in [2.45, 2.75) is 33.3 Å². The maximum Gasteiger partial charge on any atom is 0.255 e. The number of nitrogens with one attached hydrogen (secondary N) is 2. The van der Waals surface area contributed by atoms with Gasteiger partial charge in [0.2, 0.25) is 0 Å². The zero-order valence-corrected chi connectivity index (χ0v) is 14.8. The van der Waals surface area contributed by atoms with Crippen molar-refractivity contribution in [3.05, 3.63) is 59.7 Å². The Kier molecular flexibility index (Phi) is 6.57. The summed E-state index contributed by atoms with van der Waals surface area (Å²) in [5, 5.41) is 5.62. The van der Waals surface area contributed by atoms with Crippen LogP contribution in [0, 0.1) is 0 Å². The van der Waals surface area contributed by atoms with Crippen LogP contribution in [0.25, 0.3) is 0 Å². The van der Waals surface area contributed by atoms with Crippen LogP contribution in [-0.2, 0) is 0 Å². The number of rotatable bonds is 7. The lowest BCUT2D eigenvalue weighted by Crippen LogP contribution is -2.25. The zero-order valence-electron chi connectivity index (χ0n) is 14.8.